The highest BCUT2D eigenvalue weighted by Crippen LogP contribution is 2.07. The van der Waals surface area contributed by atoms with Crippen molar-refractivity contribution < 1.29 is 18.1 Å². The van der Waals surface area contributed by atoms with Crippen LogP contribution in [0.15, 0.2) is 18.3 Å². The molecule has 2 nitrogen and oxygen atoms in total. The smallest absolute Gasteiger partial charge is 0.445 e. The minimum absolute atomic E-state index is 0.235. The summed E-state index contributed by atoms with van der Waals surface area (Å²) < 4.78 is 36.0. The van der Waals surface area contributed by atoms with Gasteiger partial charge in [0.15, 0.2) is 0 Å². The molecule has 1 N–H and O–H groups in total. The van der Waals surface area contributed by atoms with Gasteiger partial charge in [-0.05, 0) is 6.07 Å². The molecule has 0 aliphatic carbocycles. The van der Waals surface area contributed by atoms with Crippen molar-refractivity contribution in [3.8, 4) is 0 Å². The monoisotopic (exact) mass is 176 g/mol. The Morgan fingerprint density at radius 2 is 2.00 bits per heavy atom. The highest BCUT2D eigenvalue weighted by molar-refractivity contribution is 6.73. The number of aliphatic hydroxyl groups is 1. The third-order valence-electron chi connectivity index (χ3n) is 1.39. The number of halogens is 3. The van der Waals surface area contributed by atoms with Crippen LogP contribution >= 0.6 is 0 Å². The van der Waals surface area contributed by atoms with Crippen LogP contribution in [0.3, 0.4) is 0 Å². The molecule has 0 bridgehead atoms. The van der Waals surface area contributed by atoms with E-state index in [1.54, 1.807) is 0 Å². The van der Waals surface area contributed by atoms with Crippen molar-refractivity contribution in [2.45, 2.75) is 6.61 Å². The molecule has 6 heteroatoms. The van der Waals surface area contributed by atoms with Crippen molar-refractivity contribution in [3.63, 3.8) is 0 Å². The molecule has 0 fully saturated rings. The molecule has 0 aliphatic heterocycles. The van der Waals surface area contributed by atoms with Crippen LogP contribution in [0, 0.1) is 0 Å². The lowest BCUT2D eigenvalue weighted by Gasteiger charge is -2.13. The second-order valence-corrected chi connectivity index (χ2v) is 2.32. The third-order valence-corrected chi connectivity index (χ3v) is 1.39. The van der Waals surface area contributed by atoms with Gasteiger partial charge in [-0.3, -0.25) is 4.98 Å². The van der Waals surface area contributed by atoms with Gasteiger partial charge in [0.25, 0.3) is 0 Å². The summed E-state index contributed by atoms with van der Waals surface area (Å²) in [5.41, 5.74) is -0.508. The molecule has 0 radical (unpaired) electrons. The lowest BCUT2D eigenvalue weighted by Crippen LogP contribution is -2.34. The Kier molecular flexibility index (Phi) is 2.37. The number of aromatic nitrogens is 1. The fourth-order valence-electron chi connectivity index (χ4n) is 0.723. The van der Waals surface area contributed by atoms with Gasteiger partial charge in [-0.1, -0.05) is 11.5 Å². The van der Waals surface area contributed by atoms with Crippen LogP contribution in [0.1, 0.15) is 5.69 Å². The van der Waals surface area contributed by atoms with Crippen molar-refractivity contribution in [1.82, 2.24) is 4.98 Å². The van der Waals surface area contributed by atoms with E-state index in [-0.39, 0.29) is 12.3 Å². The fraction of sp³-hybridized carbons (Fsp3) is 0.167. The summed E-state index contributed by atoms with van der Waals surface area (Å²) in [6, 6.07) is 2.07. The number of aliphatic hydroxyl groups excluding tert-OH is 1. The Bertz CT molecular complexity index is 258. The summed E-state index contributed by atoms with van der Waals surface area (Å²) in [6.07, 6.45) is 0.728. The Morgan fingerprint density at radius 1 is 1.33 bits per heavy atom. The first-order chi connectivity index (χ1) is 5.54. The van der Waals surface area contributed by atoms with E-state index < -0.39 is 12.4 Å². The average molecular weight is 176 g/mol. The Morgan fingerprint density at radius 3 is 2.33 bits per heavy atom. The molecule has 1 rings (SSSR count). The van der Waals surface area contributed by atoms with Crippen molar-refractivity contribution in [3.05, 3.63) is 24.0 Å². The average Bonchev–Trinajstić information content (AvgIpc) is 2.03. The summed E-state index contributed by atoms with van der Waals surface area (Å²) in [5, 5.41) is 8.49. The second-order valence-electron chi connectivity index (χ2n) is 2.32. The van der Waals surface area contributed by atoms with Gasteiger partial charge >= 0.3 is 6.98 Å². The quantitative estimate of drug-likeness (QED) is 0.670. The van der Waals surface area contributed by atoms with Crippen molar-refractivity contribution in [2.24, 2.45) is 0 Å². The van der Waals surface area contributed by atoms with E-state index in [9.17, 15) is 12.9 Å². The summed E-state index contributed by atoms with van der Waals surface area (Å²) in [5.74, 6) is 0. The minimum Gasteiger partial charge on any atom is -0.445 e. The third kappa shape index (κ3) is 1.98. The van der Waals surface area contributed by atoms with Crippen molar-refractivity contribution in [1.29, 1.82) is 0 Å². The van der Waals surface area contributed by atoms with Gasteiger partial charge in [-0.25, -0.2) is 0 Å². The fourth-order valence-corrected chi connectivity index (χ4v) is 0.723. The van der Waals surface area contributed by atoms with Crippen LogP contribution in [0.25, 0.3) is 0 Å². The standard InChI is InChI=1S/C6H6BF3NO/c8-7(9,10)5-1-2-6(4-12)11-3-5/h1-3,12H,4H2/q-1. The summed E-state index contributed by atoms with van der Waals surface area (Å²) >= 11 is 0. The number of hydrogen-bond donors (Lipinski definition) is 1. The lowest BCUT2D eigenvalue weighted by molar-refractivity contribution is 0.277. The van der Waals surface area contributed by atoms with E-state index in [1.165, 1.54) is 0 Å². The number of hydrogen-bond acceptors (Lipinski definition) is 2. The number of rotatable bonds is 2. The van der Waals surface area contributed by atoms with Crippen LogP contribution < -0.4 is 5.46 Å². The number of nitrogens with zero attached hydrogens (tertiary/aromatic N) is 1. The maximum atomic E-state index is 12.0. The highest BCUT2D eigenvalue weighted by Gasteiger charge is 2.25. The minimum atomic E-state index is -4.97. The number of pyridine rings is 1. The van der Waals surface area contributed by atoms with Crippen LogP contribution in [0.2, 0.25) is 0 Å². The Hall–Kier alpha value is -1.04. The van der Waals surface area contributed by atoms with Crippen LogP contribution in [-0.2, 0) is 6.61 Å². The Balaban J connectivity index is 2.93. The van der Waals surface area contributed by atoms with Crippen LogP contribution in [-0.4, -0.2) is 17.1 Å². The lowest BCUT2D eigenvalue weighted by atomic mass is 9.81. The molecule has 0 amide bonds. The summed E-state index contributed by atoms with van der Waals surface area (Å²) in [4.78, 5) is 3.41. The molecule has 0 aromatic carbocycles. The highest BCUT2D eigenvalue weighted by atomic mass is 19.4. The van der Waals surface area contributed by atoms with Crippen LogP contribution in [0.5, 0.6) is 0 Å². The van der Waals surface area contributed by atoms with Crippen LogP contribution in [0.4, 0.5) is 12.9 Å². The largest absolute Gasteiger partial charge is 0.511 e. The zero-order valence-electron chi connectivity index (χ0n) is 6.04. The zero-order chi connectivity index (χ0) is 9.19. The van der Waals surface area contributed by atoms with Gasteiger partial charge in [-0.2, -0.15) is 0 Å². The van der Waals surface area contributed by atoms with E-state index in [0.717, 1.165) is 18.3 Å². The first kappa shape index (κ1) is 9.06. The predicted molar refractivity (Wildman–Crippen MR) is 38.9 cm³/mol. The van der Waals surface area contributed by atoms with Gasteiger partial charge in [-0.15, -0.1) is 0 Å². The molecular weight excluding hydrogens is 170 g/mol. The van der Waals surface area contributed by atoms with E-state index >= 15 is 0 Å². The molecule has 0 saturated carbocycles. The first-order valence-electron chi connectivity index (χ1n) is 3.29. The molecule has 1 heterocycles. The van der Waals surface area contributed by atoms with E-state index in [0.29, 0.717) is 0 Å². The topological polar surface area (TPSA) is 33.1 Å². The zero-order valence-corrected chi connectivity index (χ0v) is 6.04. The maximum absolute atomic E-state index is 12.0. The summed E-state index contributed by atoms with van der Waals surface area (Å²) in [6.45, 7) is -5.31. The van der Waals surface area contributed by atoms with Gasteiger partial charge in [0, 0.05) is 6.20 Å². The molecular formula is C6H6BF3NO-. The van der Waals surface area contributed by atoms with Gasteiger partial charge in [0.1, 0.15) is 0 Å². The molecule has 0 spiro atoms. The molecule has 1 aromatic heterocycles. The van der Waals surface area contributed by atoms with E-state index in [4.69, 9.17) is 5.11 Å². The SMILES string of the molecule is OCc1ccc([B-](F)(F)F)cn1. The van der Waals surface area contributed by atoms with Gasteiger partial charge in [0.05, 0.1) is 12.3 Å². The molecule has 66 valence electrons. The molecule has 0 unspecified atom stereocenters. The van der Waals surface area contributed by atoms with E-state index in [2.05, 4.69) is 4.98 Å². The predicted octanol–water partition coefficient (Wildman–Crippen LogP) is 0.628. The molecule has 0 aliphatic rings. The second kappa shape index (κ2) is 3.14. The molecule has 1 aromatic rings. The molecule has 12 heavy (non-hydrogen) atoms. The Labute approximate surface area is 67.1 Å². The van der Waals surface area contributed by atoms with Crippen molar-refractivity contribution in [2.75, 3.05) is 0 Å². The normalized spacial score (nSPS) is 11.7. The molecule has 0 atom stereocenters. The van der Waals surface area contributed by atoms with Gasteiger partial charge in [0.2, 0.25) is 0 Å². The van der Waals surface area contributed by atoms with E-state index in [1.807, 2.05) is 0 Å². The van der Waals surface area contributed by atoms with Gasteiger partial charge < -0.3 is 18.1 Å². The summed E-state index contributed by atoms with van der Waals surface area (Å²) in [7, 11) is 0. The van der Waals surface area contributed by atoms with Crippen molar-refractivity contribution >= 4 is 12.4 Å². The maximum Gasteiger partial charge on any atom is 0.511 e. The first-order valence-corrected chi connectivity index (χ1v) is 3.29. The molecule has 0 saturated heterocycles.